The van der Waals surface area contributed by atoms with Crippen molar-refractivity contribution in [3.63, 3.8) is 0 Å². The third kappa shape index (κ3) is 3.65. The highest BCUT2D eigenvalue weighted by atomic mass is 16.3. The number of benzene rings is 1. The second-order valence-corrected chi connectivity index (χ2v) is 22.9. The van der Waals surface area contributed by atoms with Crippen molar-refractivity contribution in [2.45, 2.75) is 176 Å². The average Bonchev–Trinajstić information content (AvgIpc) is 2.98. The Morgan fingerprint density at radius 2 is 0.511 bits per heavy atom. The molecule has 1 heteroatoms. The topological polar surface area (TPSA) is 20.2 Å². The molecule has 0 heterocycles. The largest absolute Gasteiger partial charge is 0.507 e. The van der Waals surface area contributed by atoms with Crippen molar-refractivity contribution in [3.05, 3.63) is 28.3 Å². The van der Waals surface area contributed by atoms with Gasteiger partial charge in [-0.2, -0.15) is 0 Å². The summed E-state index contributed by atoms with van der Waals surface area (Å²) in [6.45, 7) is 0. The second-order valence-electron chi connectivity index (χ2n) is 22.9. The third-order valence-electron chi connectivity index (χ3n) is 19.7. The first-order valence-corrected chi connectivity index (χ1v) is 21.7. The first kappa shape index (κ1) is 27.7. The number of hydrogen-bond donors (Lipinski definition) is 1. The van der Waals surface area contributed by atoms with Gasteiger partial charge in [0.05, 0.1) is 0 Å². The zero-order chi connectivity index (χ0) is 30.5. The van der Waals surface area contributed by atoms with Gasteiger partial charge in [0, 0.05) is 22.0 Å². The van der Waals surface area contributed by atoms with Gasteiger partial charge in [-0.15, -0.1) is 0 Å². The molecule has 0 aromatic heterocycles. The first-order chi connectivity index (χ1) is 22.8. The predicted molar refractivity (Wildman–Crippen MR) is 188 cm³/mol. The van der Waals surface area contributed by atoms with Crippen molar-refractivity contribution in [2.24, 2.45) is 71.0 Å². The molecule has 1 aromatic carbocycles. The maximum absolute atomic E-state index is 13.9. The van der Waals surface area contributed by atoms with Crippen molar-refractivity contribution in [3.8, 4) is 5.75 Å². The van der Waals surface area contributed by atoms with E-state index in [1.54, 1.807) is 11.1 Å². The van der Waals surface area contributed by atoms with E-state index in [0.29, 0.717) is 10.8 Å². The van der Waals surface area contributed by atoms with Crippen LogP contribution >= 0.6 is 0 Å². The fourth-order valence-electron chi connectivity index (χ4n) is 20.3. The molecular weight excluding hydrogens is 569 g/mol. The van der Waals surface area contributed by atoms with Crippen molar-refractivity contribution in [1.29, 1.82) is 0 Å². The van der Waals surface area contributed by atoms with Crippen LogP contribution in [-0.2, 0) is 21.7 Å². The van der Waals surface area contributed by atoms with E-state index in [0.717, 1.165) is 76.8 Å². The highest BCUT2D eigenvalue weighted by Gasteiger charge is 2.62. The highest BCUT2D eigenvalue weighted by molar-refractivity contribution is 5.62. The molecule has 0 aliphatic heterocycles. The second kappa shape index (κ2) is 8.90. The minimum absolute atomic E-state index is 0.286. The van der Waals surface area contributed by atoms with Crippen LogP contribution in [-0.4, -0.2) is 5.11 Å². The molecule has 16 aliphatic rings. The lowest BCUT2D eigenvalue weighted by Crippen LogP contribution is -2.54. The van der Waals surface area contributed by atoms with Gasteiger partial charge < -0.3 is 5.11 Å². The molecule has 47 heavy (non-hydrogen) atoms. The Kier molecular flexibility index (Phi) is 5.25. The minimum Gasteiger partial charge on any atom is -0.507 e. The molecule has 1 nitrogen and oxygen atoms in total. The van der Waals surface area contributed by atoms with E-state index in [1.165, 1.54) is 154 Å². The lowest BCUT2D eigenvalue weighted by atomic mass is 9.41. The van der Waals surface area contributed by atoms with Gasteiger partial charge in [0.2, 0.25) is 0 Å². The number of phenolic OH excluding ortho intramolecular Hbond substituents is 1. The standard InChI is InChI=1S/C46H62O/c47-42-40(45-20-32-7-33(21-45)9-34(8-32)22-45)38(43-14-26-1-27(15-43)3-28(2-26)16-43)13-39(44-17-29-4-30(18-44)6-31(5-29)19-44)41(42)46-23-35-10-36(24-46)12-37(11-35)25-46/h13,26-37,47H,1-12,14-25H2. The molecular formula is C46H62O. The van der Waals surface area contributed by atoms with E-state index < -0.39 is 0 Å². The Morgan fingerprint density at radius 3 is 0.723 bits per heavy atom. The normalized spacial score (nSPS) is 58.3. The Balaban J connectivity index is 1.09. The van der Waals surface area contributed by atoms with Crippen LogP contribution in [0.2, 0.25) is 0 Å². The van der Waals surface area contributed by atoms with E-state index in [-0.39, 0.29) is 10.8 Å². The van der Waals surface area contributed by atoms with E-state index in [1.807, 2.05) is 11.1 Å². The maximum Gasteiger partial charge on any atom is 0.123 e. The Labute approximate surface area is 285 Å². The van der Waals surface area contributed by atoms with Gasteiger partial charge in [-0.25, -0.2) is 0 Å². The fraction of sp³-hybridized carbons (Fsp3) is 0.870. The van der Waals surface area contributed by atoms with Crippen LogP contribution in [0, 0.1) is 71.0 Å². The van der Waals surface area contributed by atoms with Crippen molar-refractivity contribution >= 4 is 0 Å². The number of hydrogen-bond acceptors (Lipinski definition) is 1. The molecule has 16 saturated carbocycles. The molecule has 0 unspecified atom stereocenters. The van der Waals surface area contributed by atoms with Gasteiger partial charge in [0.25, 0.3) is 0 Å². The molecule has 17 rings (SSSR count). The average molecular weight is 631 g/mol. The van der Waals surface area contributed by atoms with Crippen LogP contribution in [0.15, 0.2) is 6.07 Å². The fourth-order valence-corrected chi connectivity index (χ4v) is 20.3. The molecule has 252 valence electrons. The van der Waals surface area contributed by atoms with Crippen LogP contribution < -0.4 is 0 Å². The van der Waals surface area contributed by atoms with E-state index in [4.69, 9.17) is 0 Å². The molecule has 1 aromatic rings. The van der Waals surface area contributed by atoms with Crippen LogP contribution in [0.3, 0.4) is 0 Å². The summed E-state index contributed by atoms with van der Waals surface area (Å²) >= 11 is 0. The molecule has 0 radical (unpaired) electrons. The van der Waals surface area contributed by atoms with E-state index >= 15 is 0 Å². The van der Waals surface area contributed by atoms with Gasteiger partial charge in [-0.05, 0) is 247 Å². The zero-order valence-electron chi connectivity index (χ0n) is 29.4. The lowest BCUT2D eigenvalue weighted by molar-refractivity contribution is -0.0240. The molecule has 0 spiro atoms. The molecule has 16 aliphatic carbocycles. The summed E-state index contributed by atoms with van der Waals surface area (Å²) in [5.74, 6) is 12.5. The molecule has 16 bridgehead atoms. The predicted octanol–water partition coefficient (Wildman–Crippen LogP) is 11.3. The Bertz CT molecular complexity index is 1290. The first-order valence-electron chi connectivity index (χ1n) is 21.7. The molecule has 0 saturated heterocycles. The van der Waals surface area contributed by atoms with Gasteiger partial charge in [-0.3, -0.25) is 0 Å². The lowest BCUT2D eigenvalue weighted by Gasteiger charge is -2.63. The van der Waals surface area contributed by atoms with E-state index in [2.05, 4.69) is 6.07 Å². The number of phenols is 1. The van der Waals surface area contributed by atoms with Crippen molar-refractivity contribution in [1.82, 2.24) is 0 Å². The minimum atomic E-state index is 0.286. The molecule has 0 amide bonds. The third-order valence-corrected chi connectivity index (χ3v) is 19.7. The summed E-state index contributed by atoms with van der Waals surface area (Å²) in [6, 6.07) is 3.09. The van der Waals surface area contributed by atoms with Crippen LogP contribution in [0.25, 0.3) is 0 Å². The summed E-state index contributed by atoms with van der Waals surface area (Å²) in [5.41, 5.74) is 8.31. The summed E-state index contributed by atoms with van der Waals surface area (Å²) < 4.78 is 0. The van der Waals surface area contributed by atoms with Gasteiger partial charge in [-0.1, -0.05) is 6.07 Å². The van der Waals surface area contributed by atoms with Gasteiger partial charge in [0.1, 0.15) is 5.75 Å². The molecule has 16 fully saturated rings. The molecule has 1 N–H and O–H groups in total. The van der Waals surface area contributed by atoms with Crippen molar-refractivity contribution in [2.75, 3.05) is 0 Å². The number of rotatable bonds is 4. The molecule has 0 atom stereocenters. The number of aromatic hydroxyl groups is 1. The Morgan fingerprint density at radius 1 is 0.319 bits per heavy atom. The van der Waals surface area contributed by atoms with Crippen LogP contribution in [0.1, 0.15) is 176 Å². The SMILES string of the molecule is Oc1c(C23CC4CC(CC(C4)C2)C3)c(C23CC4CC(CC(C4)C2)C3)cc(C23CC4CC(CC(C4)C2)C3)c1C12CC3CC(CC(C3)C1)C2. The van der Waals surface area contributed by atoms with Crippen LogP contribution in [0.5, 0.6) is 5.75 Å². The zero-order valence-corrected chi connectivity index (χ0v) is 29.4. The monoisotopic (exact) mass is 630 g/mol. The van der Waals surface area contributed by atoms with Crippen LogP contribution in [0.4, 0.5) is 0 Å². The maximum atomic E-state index is 13.9. The van der Waals surface area contributed by atoms with E-state index in [9.17, 15) is 5.11 Å². The van der Waals surface area contributed by atoms with Gasteiger partial charge in [0.15, 0.2) is 0 Å². The highest BCUT2D eigenvalue weighted by Crippen LogP contribution is 2.72. The summed E-state index contributed by atoms with van der Waals surface area (Å²) in [6.07, 6.45) is 35.6. The van der Waals surface area contributed by atoms with Gasteiger partial charge >= 0.3 is 0 Å². The smallest absolute Gasteiger partial charge is 0.123 e. The van der Waals surface area contributed by atoms with Crippen molar-refractivity contribution < 1.29 is 5.11 Å². The Hall–Kier alpha value is -0.980. The quantitative estimate of drug-likeness (QED) is 0.351. The summed E-state index contributed by atoms with van der Waals surface area (Å²) in [5, 5.41) is 13.9. The summed E-state index contributed by atoms with van der Waals surface area (Å²) in [4.78, 5) is 0. The summed E-state index contributed by atoms with van der Waals surface area (Å²) in [7, 11) is 0.